The third-order valence-electron chi connectivity index (χ3n) is 3.77. The summed E-state index contributed by atoms with van der Waals surface area (Å²) in [6.45, 7) is 0.875. The lowest BCUT2D eigenvalue weighted by atomic mass is 10.1. The summed E-state index contributed by atoms with van der Waals surface area (Å²) in [5.41, 5.74) is 5.23. The molecule has 3 amide bonds. The van der Waals surface area contributed by atoms with E-state index < -0.39 is 60.3 Å². The molecule has 29 heavy (non-hydrogen) atoms. The topological polar surface area (TPSA) is 208 Å². The lowest BCUT2D eigenvalue weighted by molar-refractivity contribution is -0.144. The van der Waals surface area contributed by atoms with E-state index in [0.29, 0.717) is 5.75 Å². The molecule has 4 unspecified atom stereocenters. The first-order valence-corrected chi connectivity index (χ1v) is 10.1. The van der Waals surface area contributed by atoms with E-state index in [1.165, 1.54) is 18.7 Å². The standard InChI is InChI=1S/C16H28N4O8S/c1-8(21)13(15(26)19-10(16(27)28)3-4-12(23)24)20-14(25)9(5-6-29-2)18-11(22)7-17/h8-10,13,21H,3-7,17H2,1-2H3,(H,18,22)(H,19,26)(H,20,25)(H,23,24)(H,27,28). The van der Waals surface area contributed by atoms with Crippen molar-refractivity contribution in [1.29, 1.82) is 0 Å². The van der Waals surface area contributed by atoms with Gasteiger partial charge in [-0.2, -0.15) is 11.8 Å². The Hall–Kier alpha value is -2.38. The molecule has 0 aliphatic carbocycles. The Bertz CT molecular complexity index is 601. The first kappa shape index (κ1) is 26.6. The number of aliphatic hydroxyl groups is 1. The van der Waals surface area contributed by atoms with Crippen LogP contribution in [0.1, 0.15) is 26.2 Å². The lowest BCUT2D eigenvalue weighted by Gasteiger charge is -2.25. The van der Waals surface area contributed by atoms with Crippen molar-refractivity contribution in [1.82, 2.24) is 16.0 Å². The number of hydrogen-bond acceptors (Lipinski definition) is 8. The highest BCUT2D eigenvalue weighted by Crippen LogP contribution is 2.05. The minimum absolute atomic E-state index is 0.239. The van der Waals surface area contributed by atoms with Crippen LogP contribution < -0.4 is 21.7 Å². The van der Waals surface area contributed by atoms with Gasteiger partial charge in [-0.05, 0) is 31.8 Å². The Balaban J connectivity index is 5.22. The molecular formula is C16H28N4O8S. The molecule has 0 aromatic rings. The number of nitrogens with one attached hydrogen (secondary N) is 3. The van der Waals surface area contributed by atoms with Crippen molar-refractivity contribution in [2.75, 3.05) is 18.6 Å². The van der Waals surface area contributed by atoms with Gasteiger partial charge in [-0.25, -0.2) is 4.79 Å². The number of carbonyl (C=O) groups excluding carboxylic acids is 3. The second-order valence-corrected chi connectivity index (χ2v) is 7.15. The van der Waals surface area contributed by atoms with Crippen LogP contribution in [0.25, 0.3) is 0 Å². The van der Waals surface area contributed by atoms with Crippen LogP contribution in [0.4, 0.5) is 0 Å². The third kappa shape index (κ3) is 10.7. The molecule has 0 aromatic heterocycles. The molecule has 0 heterocycles. The van der Waals surface area contributed by atoms with Crippen molar-refractivity contribution in [2.45, 2.75) is 50.4 Å². The number of amides is 3. The highest BCUT2D eigenvalue weighted by Gasteiger charge is 2.32. The summed E-state index contributed by atoms with van der Waals surface area (Å²) in [6, 6.07) is -4.03. The molecule has 0 bridgehead atoms. The van der Waals surface area contributed by atoms with Crippen LogP contribution >= 0.6 is 11.8 Å². The van der Waals surface area contributed by atoms with Crippen LogP contribution in [0.15, 0.2) is 0 Å². The second-order valence-electron chi connectivity index (χ2n) is 6.16. The number of carbonyl (C=O) groups is 5. The van der Waals surface area contributed by atoms with Crippen LogP contribution in [-0.2, 0) is 24.0 Å². The average molecular weight is 436 g/mol. The Morgan fingerprint density at radius 3 is 2.03 bits per heavy atom. The minimum atomic E-state index is -1.51. The molecule has 0 spiro atoms. The number of hydrogen-bond donors (Lipinski definition) is 7. The van der Waals surface area contributed by atoms with Gasteiger partial charge in [0.05, 0.1) is 12.6 Å². The molecule has 166 valence electrons. The molecule has 0 rings (SSSR count). The summed E-state index contributed by atoms with van der Waals surface area (Å²) in [7, 11) is 0. The quantitative estimate of drug-likeness (QED) is 0.152. The summed E-state index contributed by atoms with van der Waals surface area (Å²) in [5, 5.41) is 34.5. The molecule has 0 aliphatic rings. The van der Waals surface area contributed by atoms with E-state index in [4.69, 9.17) is 15.9 Å². The second kappa shape index (κ2) is 13.7. The molecule has 0 saturated carbocycles. The van der Waals surface area contributed by atoms with Gasteiger partial charge in [0.2, 0.25) is 17.7 Å². The van der Waals surface area contributed by atoms with E-state index in [1.54, 1.807) is 6.26 Å². The fourth-order valence-corrected chi connectivity index (χ4v) is 2.67. The van der Waals surface area contributed by atoms with E-state index in [-0.39, 0.29) is 19.4 Å². The van der Waals surface area contributed by atoms with E-state index in [2.05, 4.69) is 16.0 Å². The third-order valence-corrected chi connectivity index (χ3v) is 4.42. The fraction of sp³-hybridized carbons (Fsp3) is 0.688. The fourth-order valence-electron chi connectivity index (χ4n) is 2.20. The van der Waals surface area contributed by atoms with E-state index in [1.807, 2.05) is 0 Å². The molecule has 0 fully saturated rings. The number of nitrogens with two attached hydrogens (primary N) is 1. The highest BCUT2D eigenvalue weighted by molar-refractivity contribution is 7.98. The number of aliphatic hydroxyl groups excluding tert-OH is 1. The van der Waals surface area contributed by atoms with Crippen molar-refractivity contribution >= 4 is 41.4 Å². The monoisotopic (exact) mass is 436 g/mol. The zero-order valence-electron chi connectivity index (χ0n) is 16.2. The van der Waals surface area contributed by atoms with Crippen molar-refractivity contribution in [2.24, 2.45) is 5.73 Å². The summed E-state index contributed by atoms with van der Waals surface area (Å²) in [4.78, 5) is 58.3. The van der Waals surface area contributed by atoms with Gasteiger partial charge in [-0.1, -0.05) is 0 Å². The molecule has 4 atom stereocenters. The zero-order chi connectivity index (χ0) is 22.6. The maximum Gasteiger partial charge on any atom is 0.326 e. The number of carboxylic acids is 2. The molecule has 12 nitrogen and oxygen atoms in total. The van der Waals surface area contributed by atoms with Gasteiger partial charge in [0.15, 0.2) is 0 Å². The molecular weight excluding hydrogens is 408 g/mol. The molecule has 8 N–H and O–H groups in total. The minimum Gasteiger partial charge on any atom is -0.481 e. The first-order valence-electron chi connectivity index (χ1n) is 8.75. The van der Waals surface area contributed by atoms with Gasteiger partial charge in [-0.15, -0.1) is 0 Å². The van der Waals surface area contributed by atoms with Crippen LogP contribution in [0.2, 0.25) is 0 Å². The van der Waals surface area contributed by atoms with Gasteiger partial charge in [0.1, 0.15) is 18.1 Å². The Morgan fingerprint density at radius 1 is 0.966 bits per heavy atom. The van der Waals surface area contributed by atoms with Gasteiger partial charge >= 0.3 is 11.9 Å². The number of aliphatic carboxylic acids is 2. The average Bonchev–Trinajstić information content (AvgIpc) is 2.64. The Morgan fingerprint density at radius 2 is 1.59 bits per heavy atom. The van der Waals surface area contributed by atoms with Crippen LogP contribution in [0.5, 0.6) is 0 Å². The maximum atomic E-state index is 12.5. The lowest BCUT2D eigenvalue weighted by Crippen LogP contribution is -2.59. The van der Waals surface area contributed by atoms with Crippen molar-refractivity contribution in [3.05, 3.63) is 0 Å². The summed E-state index contributed by atoms with van der Waals surface area (Å²) in [6.07, 6.45) is -0.220. The van der Waals surface area contributed by atoms with Gasteiger partial charge in [-0.3, -0.25) is 19.2 Å². The van der Waals surface area contributed by atoms with Crippen LogP contribution in [-0.4, -0.2) is 87.8 Å². The largest absolute Gasteiger partial charge is 0.481 e. The van der Waals surface area contributed by atoms with Crippen molar-refractivity contribution in [3.8, 4) is 0 Å². The Kier molecular flexibility index (Phi) is 12.6. The number of rotatable bonds is 14. The van der Waals surface area contributed by atoms with Gasteiger partial charge in [0.25, 0.3) is 0 Å². The number of thioether (sulfide) groups is 1. The smallest absolute Gasteiger partial charge is 0.326 e. The summed E-state index contributed by atoms with van der Waals surface area (Å²) in [5.74, 6) is -4.50. The normalized spacial score (nSPS) is 14.8. The van der Waals surface area contributed by atoms with Gasteiger partial charge in [0, 0.05) is 6.42 Å². The van der Waals surface area contributed by atoms with E-state index in [0.717, 1.165) is 0 Å². The zero-order valence-corrected chi connectivity index (χ0v) is 17.0. The molecule has 0 radical (unpaired) electrons. The SMILES string of the molecule is CSCCC(NC(=O)CN)C(=O)NC(C(=O)NC(CCC(=O)O)C(=O)O)C(C)O. The predicted molar refractivity (Wildman–Crippen MR) is 104 cm³/mol. The van der Waals surface area contributed by atoms with Crippen molar-refractivity contribution in [3.63, 3.8) is 0 Å². The molecule has 0 saturated heterocycles. The Labute approximate surface area is 172 Å². The van der Waals surface area contributed by atoms with Gasteiger partial charge < -0.3 is 37.0 Å². The molecule has 13 heteroatoms. The number of carboxylic acid groups (broad SMARTS) is 2. The van der Waals surface area contributed by atoms with E-state index in [9.17, 15) is 29.1 Å². The van der Waals surface area contributed by atoms with Crippen LogP contribution in [0.3, 0.4) is 0 Å². The predicted octanol–water partition coefficient (Wildman–Crippen LogP) is -2.52. The van der Waals surface area contributed by atoms with Crippen molar-refractivity contribution < 1.29 is 39.3 Å². The maximum absolute atomic E-state index is 12.5. The highest BCUT2D eigenvalue weighted by atomic mass is 32.2. The molecule has 0 aliphatic heterocycles. The molecule has 0 aromatic carbocycles. The van der Waals surface area contributed by atoms with Crippen LogP contribution in [0, 0.1) is 0 Å². The first-order chi connectivity index (χ1) is 13.5. The summed E-state index contributed by atoms with van der Waals surface area (Å²) >= 11 is 1.43. The summed E-state index contributed by atoms with van der Waals surface area (Å²) < 4.78 is 0. The van der Waals surface area contributed by atoms with E-state index >= 15 is 0 Å².